The van der Waals surface area contributed by atoms with E-state index in [1.807, 2.05) is 30.5 Å². The number of nitrogens with one attached hydrogen (secondary N) is 2. The van der Waals surface area contributed by atoms with Crippen LogP contribution in [-0.2, 0) is 11.3 Å². The van der Waals surface area contributed by atoms with E-state index in [9.17, 15) is 4.79 Å². The molecule has 2 fully saturated rings. The van der Waals surface area contributed by atoms with Gasteiger partial charge in [-0.25, -0.2) is 9.97 Å². The van der Waals surface area contributed by atoms with Gasteiger partial charge in [-0.05, 0) is 75.4 Å². The fourth-order valence-electron chi connectivity index (χ4n) is 5.07. The van der Waals surface area contributed by atoms with Crippen LogP contribution in [0.1, 0.15) is 44.5 Å². The van der Waals surface area contributed by atoms with E-state index in [0.29, 0.717) is 35.5 Å². The van der Waals surface area contributed by atoms with Crippen molar-refractivity contribution in [3.63, 3.8) is 0 Å². The second kappa shape index (κ2) is 9.59. The lowest BCUT2D eigenvalue weighted by atomic mass is 10.1. The standard InChI is InChI=1S/C27H32N8O2/c1-16-14-35(25(36)11-19-4-5-19)17(2)13-34(16)15-20-8-9-28-24(10-20)32-27-30-22-7-6-21(12-23(22)31-27)26-29-18(3)33-37-26/h6-10,12,16-17,19H,4-5,11,13-15H2,1-3H3,(H2,28,30,31,32)/t16-,17+/m0/s1. The number of hydrogen-bond donors (Lipinski definition) is 2. The zero-order valence-electron chi connectivity index (χ0n) is 21.4. The maximum atomic E-state index is 12.7. The number of nitrogens with zero attached hydrogens (tertiary/aromatic N) is 6. The predicted octanol–water partition coefficient (Wildman–Crippen LogP) is 4.28. The zero-order valence-corrected chi connectivity index (χ0v) is 21.4. The predicted molar refractivity (Wildman–Crippen MR) is 140 cm³/mol. The van der Waals surface area contributed by atoms with E-state index in [1.54, 1.807) is 6.92 Å². The van der Waals surface area contributed by atoms with Crippen molar-refractivity contribution in [2.75, 3.05) is 18.4 Å². The smallest absolute Gasteiger partial charge is 0.257 e. The summed E-state index contributed by atoms with van der Waals surface area (Å²) in [5.41, 5.74) is 3.69. The number of carbonyl (C=O) groups is 1. The summed E-state index contributed by atoms with van der Waals surface area (Å²) in [7, 11) is 0. The van der Waals surface area contributed by atoms with Gasteiger partial charge in [0.15, 0.2) is 5.82 Å². The highest BCUT2D eigenvalue weighted by Gasteiger charge is 2.34. The molecule has 0 spiro atoms. The average molecular weight is 501 g/mol. The van der Waals surface area contributed by atoms with E-state index in [0.717, 1.165) is 48.5 Å². The molecule has 10 heteroatoms. The number of imidazole rings is 1. The number of benzene rings is 1. The Bertz CT molecular complexity index is 1420. The van der Waals surface area contributed by atoms with Crippen molar-refractivity contribution in [1.82, 2.24) is 34.9 Å². The summed E-state index contributed by atoms with van der Waals surface area (Å²) >= 11 is 0. The molecular weight excluding hydrogens is 468 g/mol. The molecule has 0 radical (unpaired) electrons. The van der Waals surface area contributed by atoms with Gasteiger partial charge in [0.05, 0.1) is 11.0 Å². The van der Waals surface area contributed by atoms with Crippen LogP contribution in [0.3, 0.4) is 0 Å². The summed E-state index contributed by atoms with van der Waals surface area (Å²) in [5.74, 6) is 3.36. The topological polar surface area (TPSA) is 116 Å². The molecule has 2 N–H and O–H groups in total. The number of anilines is 2. The quantitative estimate of drug-likeness (QED) is 0.386. The van der Waals surface area contributed by atoms with Gasteiger partial charge >= 0.3 is 0 Å². The lowest BCUT2D eigenvalue weighted by Gasteiger charge is -2.44. The Balaban J connectivity index is 1.12. The van der Waals surface area contributed by atoms with Gasteiger partial charge in [0.1, 0.15) is 5.82 Å². The number of aromatic amines is 1. The van der Waals surface area contributed by atoms with Crippen molar-refractivity contribution < 1.29 is 9.32 Å². The van der Waals surface area contributed by atoms with Gasteiger partial charge in [-0.1, -0.05) is 5.16 Å². The molecule has 1 aliphatic carbocycles. The molecule has 0 unspecified atom stereocenters. The van der Waals surface area contributed by atoms with Crippen LogP contribution in [0.25, 0.3) is 22.5 Å². The fraction of sp³-hybridized carbons (Fsp3) is 0.444. The molecule has 192 valence electrons. The van der Waals surface area contributed by atoms with E-state index in [2.05, 4.69) is 60.1 Å². The van der Waals surface area contributed by atoms with Gasteiger partial charge < -0.3 is 19.7 Å². The summed E-state index contributed by atoms with van der Waals surface area (Å²) in [6.45, 7) is 8.63. The molecular formula is C27H32N8O2. The van der Waals surface area contributed by atoms with Gasteiger partial charge in [-0.2, -0.15) is 4.98 Å². The van der Waals surface area contributed by atoms with Crippen LogP contribution in [-0.4, -0.2) is 66.0 Å². The van der Waals surface area contributed by atoms with Gasteiger partial charge in [0.2, 0.25) is 11.9 Å². The number of hydrogen-bond acceptors (Lipinski definition) is 8. The SMILES string of the molecule is Cc1noc(-c2ccc3nc(Nc4cc(CN5C[C@@H](C)N(C(=O)CC6CC6)C[C@@H]5C)ccn4)[nH]c3c2)n1. The number of H-pyrrole nitrogens is 1. The molecule has 2 atom stereocenters. The van der Waals surface area contributed by atoms with Crippen LogP contribution in [0.15, 0.2) is 41.1 Å². The molecule has 1 saturated heterocycles. The van der Waals surface area contributed by atoms with Crippen molar-refractivity contribution in [2.24, 2.45) is 5.92 Å². The number of rotatable bonds is 7. The van der Waals surface area contributed by atoms with Crippen LogP contribution in [0.2, 0.25) is 0 Å². The summed E-state index contributed by atoms with van der Waals surface area (Å²) in [6.07, 6.45) is 4.96. The number of pyridine rings is 1. The van der Waals surface area contributed by atoms with Crippen LogP contribution >= 0.6 is 0 Å². The molecule has 1 aliphatic heterocycles. The second-order valence-electron chi connectivity index (χ2n) is 10.5. The first-order chi connectivity index (χ1) is 17.9. The Kier molecular flexibility index (Phi) is 6.11. The largest absolute Gasteiger partial charge is 0.337 e. The third kappa shape index (κ3) is 5.20. The second-order valence-corrected chi connectivity index (χ2v) is 10.5. The van der Waals surface area contributed by atoms with Crippen LogP contribution in [0, 0.1) is 12.8 Å². The van der Waals surface area contributed by atoms with E-state index >= 15 is 0 Å². The van der Waals surface area contributed by atoms with Crippen LogP contribution in [0.4, 0.5) is 11.8 Å². The van der Waals surface area contributed by atoms with Gasteiger partial charge in [-0.15, -0.1) is 0 Å². The lowest BCUT2D eigenvalue weighted by molar-refractivity contribution is -0.137. The first kappa shape index (κ1) is 23.6. The highest BCUT2D eigenvalue weighted by molar-refractivity contribution is 5.82. The minimum atomic E-state index is 0.221. The number of aromatic nitrogens is 5. The number of carbonyl (C=O) groups excluding carboxylic acids is 1. The average Bonchev–Trinajstić information content (AvgIpc) is 3.42. The van der Waals surface area contributed by atoms with Crippen molar-refractivity contribution in [3.8, 4) is 11.5 Å². The Hall–Kier alpha value is -3.79. The minimum absolute atomic E-state index is 0.221. The molecule has 1 amide bonds. The van der Waals surface area contributed by atoms with Gasteiger partial charge in [0, 0.05) is 49.9 Å². The lowest BCUT2D eigenvalue weighted by Crippen LogP contribution is -2.57. The fourth-order valence-corrected chi connectivity index (χ4v) is 5.07. The number of fused-ring (bicyclic) bond motifs is 1. The van der Waals surface area contributed by atoms with Crippen molar-refractivity contribution in [3.05, 3.63) is 47.9 Å². The monoisotopic (exact) mass is 500 g/mol. The van der Waals surface area contributed by atoms with E-state index in [-0.39, 0.29) is 6.04 Å². The Labute approximate surface area is 215 Å². The van der Waals surface area contributed by atoms with Crippen LogP contribution in [0.5, 0.6) is 0 Å². The molecule has 0 bridgehead atoms. The summed E-state index contributed by atoms with van der Waals surface area (Å²) in [6, 6.07) is 10.4. The molecule has 1 saturated carbocycles. The number of amides is 1. The highest BCUT2D eigenvalue weighted by atomic mass is 16.5. The molecule has 4 heterocycles. The van der Waals surface area contributed by atoms with Crippen molar-refractivity contribution in [1.29, 1.82) is 0 Å². The van der Waals surface area contributed by atoms with E-state index in [1.165, 1.54) is 18.4 Å². The summed E-state index contributed by atoms with van der Waals surface area (Å²) < 4.78 is 5.28. The molecule has 10 nitrogen and oxygen atoms in total. The molecule has 4 aromatic rings. The first-order valence-corrected chi connectivity index (χ1v) is 13.0. The van der Waals surface area contributed by atoms with E-state index < -0.39 is 0 Å². The maximum Gasteiger partial charge on any atom is 0.257 e. The van der Waals surface area contributed by atoms with E-state index in [4.69, 9.17) is 4.52 Å². The number of piperazine rings is 1. The molecule has 1 aromatic carbocycles. The highest BCUT2D eigenvalue weighted by Crippen LogP contribution is 2.33. The summed E-state index contributed by atoms with van der Waals surface area (Å²) in [4.78, 5) is 34.0. The summed E-state index contributed by atoms with van der Waals surface area (Å²) in [5, 5.41) is 7.16. The Morgan fingerprint density at radius 1 is 1.14 bits per heavy atom. The maximum absolute atomic E-state index is 12.7. The van der Waals surface area contributed by atoms with Crippen molar-refractivity contribution in [2.45, 2.75) is 58.7 Å². The minimum Gasteiger partial charge on any atom is -0.337 e. The Morgan fingerprint density at radius 2 is 2.00 bits per heavy atom. The third-order valence-electron chi connectivity index (χ3n) is 7.31. The third-order valence-corrected chi connectivity index (χ3v) is 7.31. The molecule has 2 aliphatic rings. The zero-order chi connectivity index (χ0) is 25.5. The van der Waals surface area contributed by atoms with Crippen molar-refractivity contribution >= 4 is 28.7 Å². The van der Waals surface area contributed by atoms with Crippen LogP contribution < -0.4 is 5.32 Å². The molecule has 3 aromatic heterocycles. The Morgan fingerprint density at radius 3 is 2.78 bits per heavy atom. The van der Waals surface area contributed by atoms with Gasteiger partial charge in [-0.3, -0.25) is 9.69 Å². The first-order valence-electron chi connectivity index (χ1n) is 13.0. The molecule has 37 heavy (non-hydrogen) atoms. The van der Waals surface area contributed by atoms with Gasteiger partial charge in [0.25, 0.3) is 5.89 Å². The molecule has 6 rings (SSSR count). The number of aryl methyl sites for hydroxylation is 1. The normalized spacial score (nSPS) is 20.5.